The van der Waals surface area contributed by atoms with Gasteiger partial charge in [-0.1, -0.05) is 24.3 Å². The number of amides is 1. The van der Waals surface area contributed by atoms with Crippen LogP contribution in [0.5, 0.6) is 5.75 Å². The summed E-state index contributed by atoms with van der Waals surface area (Å²) in [6, 6.07) is 11.1. The third-order valence-electron chi connectivity index (χ3n) is 3.88. The summed E-state index contributed by atoms with van der Waals surface area (Å²) in [5.74, 6) is 0.00850. The van der Waals surface area contributed by atoms with Crippen LogP contribution in [0, 0.1) is 10.1 Å². The third kappa shape index (κ3) is 5.29. The van der Waals surface area contributed by atoms with Crippen LogP contribution in [0.2, 0.25) is 0 Å². The zero-order valence-corrected chi connectivity index (χ0v) is 15.5. The van der Waals surface area contributed by atoms with Gasteiger partial charge in [-0.25, -0.2) is 9.18 Å². The van der Waals surface area contributed by atoms with Crippen molar-refractivity contribution in [3.63, 3.8) is 0 Å². The van der Waals surface area contributed by atoms with E-state index in [4.69, 9.17) is 4.74 Å². The van der Waals surface area contributed by atoms with Crippen molar-refractivity contribution in [1.82, 2.24) is 0 Å². The topological polar surface area (TPSA) is 92.9 Å². The van der Waals surface area contributed by atoms with E-state index < -0.39 is 17.7 Å². The predicted octanol–water partition coefficient (Wildman–Crippen LogP) is 5.01. The van der Waals surface area contributed by atoms with Crippen molar-refractivity contribution >= 4 is 29.6 Å². The first-order chi connectivity index (χ1) is 13.3. The van der Waals surface area contributed by atoms with Crippen LogP contribution in [0.4, 0.5) is 20.6 Å². The van der Waals surface area contributed by atoms with Crippen molar-refractivity contribution in [3.8, 4) is 5.75 Å². The van der Waals surface area contributed by atoms with E-state index in [1.807, 2.05) is 0 Å². The highest BCUT2D eigenvalue weighted by atomic mass is 19.1. The Morgan fingerprint density at radius 3 is 2.36 bits per heavy atom. The molecule has 0 radical (unpaired) electrons. The molecule has 0 saturated heterocycles. The van der Waals surface area contributed by atoms with Crippen LogP contribution < -0.4 is 9.64 Å². The Labute approximate surface area is 161 Å². The van der Waals surface area contributed by atoms with Crippen LogP contribution in [0.25, 0.3) is 12.2 Å². The van der Waals surface area contributed by atoms with E-state index >= 15 is 0 Å². The highest BCUT2D eigenvalue weighted by molar-refractivity contribution is 5.87. The number of nitro benzene ring substituents is 1. The van der Waals surface area contributed by atoms with Crippen molar-refractivity contribution in [3.05, 3.63) is 63.7 Å². The molecule has 0 fully saturated rings. The van der Waals surface area contributed by atoms with Gasteiger partial charge in [0.1, 0.15) is 13.3 Å². The monoisotopic (exact) mass is 388 g/mol. The number of rotatable bonds is 8. The second-order valence-corrected chi connectivity index (χ2v) is 6.19. The lowest BCUT2D eigenvalue weighted by atomic mass is 10.1. The lowest BCUT2D eigenvalue weighted by Gasteiger charge is -2.23. The first-order valence-electron chi connectivity index (χ1n) is 8.61. The summed E-state index contributed by atoms with van der Waals surface area (Å²) in [7, 11) is 0. The van der Waals surface area contributed by atoms with Gasteiger partial charge in [0.25, 0.3) is 0 Å². The molecule has 0 aromatic heterocycles. The molecule has 0 saturated carbocycles. The zero-order valence-electron chi connectivity index (χ0n) is 15.5. The molecule has 1 N–H and O–H groups in total. The number of hydrogen-bond acceptors (Lipinski definition) is 4. The summed E-state index contributed by atoms with van der Waals surface area (Å²) in [5.41, 5.74) is 1.81. The maximum Gasteiger partial charge on any atom is 0.412 e. The smallest absolute Gasteiger partial charge is 0.412 e. The molecule has 0 bridgehead atoms. The number of halogens is 1. The van der Waals surface area contributed by atoms with Crippen molar-refractivity contribution in [2.45, 2.75) is 19.9 Å². The number of carboxylic acid groups (broad SMARTS) is 1. The largest absolute Gasteiger partial charge is 0.484 e. The van der Waals surface area contributed by atoms with Crippen LogP contribution in [-0.2, 0) is 0 Å². The van der Waals surface area contributed by atoms with Crippen LogP contribution in [-0.4, -0.2) is 35.4 Å². The predicted molar refractivity (Wildman–Crippen MR) is 106 cm³/mol. The average Bonchev–Trinajstić information content (AvgIpc) is 2.65. The highest BCUT2D eigenvalue weighted by Crippen LogP contribution is 2.29. The van der Waals surface area contributed by atoms with E-state index in [-0.39, 0.29) is 24.1 Å². The van der Waals surface area contributed by atoms with Crippen molar-refractivity contribution in [2.24, 2.45) is 0 Å². The summed E-state index contributed by atoms with van der Waals surface area (Å²) in [6.07, 6.45) is 2.49. The molecular weight excluding hydrogens is 367 g/mol. The van der Waals surface area contributed by atoms with Gasteiger partial charge >= 0.3 is 11.8 Å². The average molecular weight is 388 g/mol. The number of anilines is 1. The van der Waals surface area contributed by atoms with Gasteiger partial charge in [0, 0.05) is 17.8 Å². The van der Waals surface area contributed by atoms with Gasteiger partial charge < -0.3 is 9.84 Å². The van der Waals surface area contributed by atoms with E-state index in [0.29, 0.717) is 11.3 Å². The Bertz CT molecular complexity index is 865. The molecule has 8 heteroatoms. The molecule has 0 atom stereocenters. The Morgan fingerprint density at radius 2 is 1.82 bits per heavy atom. The highest BCUT2D eigenvalue weighted by Gasteiger charge is 2.17. The summed E-state index contributed by atoms with van der Waals surface area (Å²) in [5, 5.41) is 20.3. The summed E-state index contributed by atoms with van der Waals surface area (Å²) < 4.78 is 17.4. The molecule has 1 amide bonds. The summed E-state index contributed by atoms with van der Waals surface area (Å²) >= 11 is 0. The van der Waals surface area contributed by atoms with Crippen molar-refractivity contribution < 1.29 is 24.0 Å². The van der Waals surface area contributed by atoms with Gasteiger partial charge in [0.15, 0.2) is 5.75 Å². The van der Waals surface area contributed by atoms with Crippen LogP contribution in [0.1, 0.15) is 25.0 Å². The number of nitro groups is 1. The summed E-state index contributed by atoms with van der Waals surface area (Å²) in [4.78, 5) is 23.1. The quantitative estimate of drug-likeness (QED) is 0.390. The Hall–Kier alpha value is -3.42. The number of carbonyl (C=O) groups is 1. The normalized spacial score (nSPS) is 11.0. The fraction of sp³-hybridized carbons (Fsp3) is 0.250. The van der Waals surface area contributed by atoms with E-state index in [1.165, 1.54) is 17.0 Å². The van der Waals surface area contributed by atoms with E-state index in [2.05, 4.69) is 0 Å². The fourth-order valence-corrected chi connectivity index (χ4v) is 2.62. The van der Waals surface area contributed by atoms with Gasteiger partial charge in [-0.05, 0) is 49.2 Å². The Kier molecular flexibility index (Phi) is 7.08. The van der Waals surface area contributed by atoms with E-state index in [1.54, 1.807) is 56.3 Å². The zero-order chi connectivity index (χ0) is 20.7. The molecule has 2 rings (SSSR count). The number of nitrogens with zero attached hydrogens (tertiary/aromatic N) is 2. The second kappa shape index (κ2) is 9.50. The molecule has 0 spiro atoms. The van der Waals surface area contributed by atoms with Crippen LogP contribution in [0.15, 0.2) is 42.5 Å². The molecule has 0 aliphatic rings. The molecule has 2 aromatic carbocycles. The van der Waals surface area contributed by atoms with Crippen LogP contribution in [0.3, 0.4) is 0 Å². The molecule has 7 nitrogen and oxygen atoms in total. The van der Waals surface area contributed by atoms with Gasteiger partial charge in [-0.2, -0.15) is 0 Å². The summed E-state index contributed by atoms with van der Waals surface area (Å²) in [6.45, 7) is 2.58. The number of hydrogen-bond donors (Lipinski definition) is 1. The lowest BCUT2D eigenvalue weighted by molar-refractivity contribution is -0.385. The van der Waals surface area contributed by atoms with E-state index in [0.717, 1.165) is 5.56 Å². The lowest BCUT2D eigenvalue weighted by Crippen LogP contribution is -2.35. The Morgan fingerprint density at radius 1 is 1.21 bits per heavy atom. The minimum Gasteiger partial charge on any atom is -0.484 e. The first kappa shape index (κ1) is 20.9. The van der Waals surface area contributed by atoms with Crippen molar-refractivity contribution in [1.29, 1.82) is 0 Å². The fourth-order valence-electron chi connectivity index (χ4n) is 2.62. The molecule has 2 aromatic rings. The number of alkyl halides is 1. The Balaban J connectivity index is 2.21. The van der Waals surface area contributed by atoms with Gasteiger partial charge in [0.2, 0.25) is 0 Å². The molecule has 148 valence electrons. The maximum atomic E-state index is 12.3. The van der Waals surface area contributed by atoms with Gasteiger partial charge in [-0.15, -0.1) is 0 Å². The SMILES string of the molecule is CC(C)N(C(=O)O)c1ccc(/C=C/c2ccc([N+](=O)[O-])c(OCCF)c2)cc1. The third-order valence-corrected chi connectivity index (χ3v) is 3.88. The van der Waals surface area contributed by atoms with Crippen molar-refractivity contribution in [2.75, 3.05) is 18.2 Å². The molecule has 28 heavy (non-hydrogen) atoms. The standard InChI is InChI=1S/C20H21FN2O5/c1-14(2)22(20(24)25)17-8-5-15(6-9-17)3-4-16-7-10-18(23(26)27)19(13-16)28-12-11-21/h3-10,13-14H,11-12H2,1-2H3,(H,24,25)/b4-3+. The number of benzene rings is 2. The number of ether oxygens (including phenoxy) is 1. The maximum absolute atomic E-state index is 12.3. The molecule has 0 unspecified atom stereocenters. The minimum absolute atomic E-state index is 0.00850. The van der Waals surface area contributed by atoms with Gasteiger partial charge in [0.05, 0.1) is 4.92 Å². The van der Waals surface area contributed by atoms with E-state index in [9.17, 15) is 24.4 Å². The molecule has 0 aliphatic heterocycles. The first-order valence-corrected chi connectivity index (χ1v) is 8.61. The van der Waals surface area contributed by atoms with Gasteiger partial charge in [-0.3, -0.25) is 15.0 Å². The minimum atomic E-state index is -1.02. The van der Waals surface area contributed by atoms with Crippen LogP contribution >= 0.6 is 0 Å². The molecule has 0 heterocycles. The molecular formula is C20H21FN2O5. The second-order valence-electron chi connectivity index (χ2n) is 6.19. The molecule has 0 aliphatic carbocycles.